The summed E-state index contributed by atoms with van der Waals surface area (Å²) in [4.78, 5) is 26.6. The third-order valence-corrected chi connectivity index (χ3v) is 2.91. The highest BCUT2D eigenvalue weighted by Gasteiger charge is 2.18. The van der Waals surface area contributed by atoms with E-state index in [-0.39, 0.29) is 37.8 Å². The molecule has 0 spiro atoms. The Kier molecular flexibility index (Phi) is 8.40. The van der Waals surface area contributed by atoms with Gasteiger partial charge in [0.25, 0.3) is 0 Å². The van der Waals surface area contributed by atoms with Crippen molar-refractivity contribution < 1.29 is 14.7 Å². The summed E-state index contributed by atoms with van der Waals surface area (Å²) in [6.07, 6.45) is 1.36. The first-order chi connectivity index (χ1) is 9.60. The monoisotopic (exact) mass is 345 g/mol. The van der Waals surface area contributed by atoms with E-state index in [0.29, 0.717) is 5.56 Å². The van der Waals surface area contributed by atoms with Gasteiger partial charge in [0.05, 0.1) is 24.5 Å². The zero-order chi connectivity index (χ0) is 14.5. The smallest absolute Gasteiger partial charge is 0.305 e. The predicted octanol–water partition coefficient (Wildman–Crippen LogP) is 1.67. The zero-order valence-corrected chi connectivity index (χ0v) is 13.2. The maximum Gasteiger partial charge on any atom is 0.305 e. The summed E-state index contributed by atoms with van der Waals surface area (Å²) in [5, 5.41) is 12.4. The first-order valence-corrected chi connectivity index (χ1v) is 6.16. The van der Waals surface area contributed by atoms with E-state index < -0.39 is 17.9 Å². The van der Waals surface area contributed by atoms with Gasteiger partial charge >= 0.3 is 5.97 Å². The maximum atomic E-state index is 11.4. The van der Waals surface area contributed by atoms with Gasteiger partial charge in [0, 0.05) is 11.6 Å². The highest BCUT2D eigenvalue weighted by molar-refractivity contribution is 5.85. The van der Waals surface area contributed by atoms with Gasteiger partial charge in [0.2, 0.25) is 5.91 Å². The Balaban J connectivity index is 0.00000220. The van der Waals surface area contributed by atoms with E-state index in [0.717, 1.165) is 10.9 Å². The number of nitrogens with two attached hydrogens (primary N) is 1. The molecule has 0 fully saturated rings. The molecule has 8 heteroatoms. The van der Waals surface area contributed by atoms with Crippen molar-refractivity contribution in [1.82, 2.24) is 10.3 Å². The number of nitrogens with one attached hydrogen (secondary N) is 1. The Hall–Kier alpha value is -1.89. The van der Waals surface area contributed by atoms with E-state index in [2.05, 4.69) is 10.3 Å². The number of aliphatic carboxylic acids is 1. The topological polar surface area (TPSA) is 105 Å². The number of benzene rings is 1. The quantitative estimate of drug-likeness (QED) is 0.764. The molecule has 6 nitrogen and oxygen atoms in total. The molecule has 0 aliphatic heterocycles. The summed E-state index contributed by atoms with van der Waals surface area (Å²) in [7, 11) is 0. The molecule has 0 aliphatic rings. The SMILES string of the molecule is Cl.Cl.NCC(=O)NC(CC(=O)O)c1cnc2ccccc2c1. The number of rotatable bonds is 5. The summed E-state index contributed by atoms with van der Waals surface area (Å²) in [5.74, 6) is -1.40. The number of halogens is 2. The second-order valence-corrected chi connectivity index (χ2v) is 4.38. The molecule has 0 aliphatic carbocycles. The molecule has 2 rings (SSSR count). The average molecular weight is 346 g/mol. The number of hydrogen-bond donors (Lipinski definition) is 3. The normalized spacial score (nSPS) is 11.0. The molecule has 1 atom stereocenters. The van der Waals surface area contributed by atoms with Crippen LogP contribution in [0, 0.1) is 0 Å². The Labute approximate surface area is 139 Å². The number of fused-ring (bicyclic) bond motifs is 1. The molecule has 0 saturated carbocycles. The largest absolute Gasteiger partial charge is 0.481 e. The highest BCUT2D eigenvalue weighted by Crippen LogP contribution is 2.20. The molecule has 4 N–H and O–H groups in total. The van der Waals surface area contributed by atoms with Crippen LogP contribution in [-0.4, -0.2) is 28.5 Å². The third-order valence-electron chi connectivity index (χ3n) is 2.91. The van der Waals surface area contributed by atoms with Crippen LogP contribution >= 0.6 is 24.8 Å². The molecular weight excluding hydrogens is 329 g/mol. The van der Waals surface area contributed by atoms with Gasteiger partial charge in [0.1, 0.15) is 0 Å². The highest BCUT2D eigenvalue weighted by atomic mass is 35.5. The van der Waals surface area contributed by atoms with Crippen LogP contribution in [0.1, 0.15) is 18.0 Å². The lowest BCUT2D eigenvalue weighted by Gasteiger charge is -2.17. The molecule has 0 bridgehead atoms. The molecule has 2 aromatic rings. The first-order valence-electron chi connectivity index (χ1n) is 6.16. The standard InChI is InChI=1S/C14H15N3O3.2ClH/c15-7-13(18)17-12(6-14(19)20)10-5-9-3-1-2-4-11(9)16-8-10;;/h1-5,8,12H,6-7,15H2,(H,17,18)(H,19,20);2*1H. The zero-order valence-electron chi connectivity index (χ0n) is 11.6. The van der Waals surface area contributed by atoms with Gasteiger partial charge in [-0.3, -0.25) is 14.6 Å². The van der Waals surface area contributed by atoms with Gasteiger partial charge in [-0.1, -0.05) is 18.2 Å². The van der Waals surface area contributed by atoms with E-state index in [4.69, 9.17) is 10.8 Å². The van der Waals surface area contributed by atoms with Crippen molar-refractivity contribution in [2.24, 2.45) is 5.73 Å². The van der Waals surface area contributed by atoms with Crippen LogP contribution in [0.25, 0.3) is 10.9 Å². The summed E-state index contributed by atoms with van der Waals surface area (Å²) < 4.78 is 0. The molecule has 22 heavy (non-hydrogen) atoms. The molecule has 1 unspecified atom stereocenters. The summed E-state index contributed by atoms with van der Waals surface area (Å²) in [6, 6.07) is 8.68. The van der Waals surface area contributed by atoms with Crippen molar-refractivity contribution >= 4 is 47.6 Å². The number of amides is 1. The van der Waals surface area contributed by atoms with Crippen LogP contribution in [0.15, 0.2) is 36.5 Å². The number of carboxylic acids is 1. The Bertz CT molecular complexity index is 652. The van der Waals surface area contributed by atoms with Crippen LogP contribution in [-0.2, 0) is 9.59 Å². The maximum absolute atomic E-state index is 11.4. The van der Waals surface area contributed by atoms with Gasteiger partial charge in [-0.2, -0.15) is 0 Å². The summed E-state index contributed by atoms with van der Waals surface area (Å²) >= 11 is 0. The molecule has 1 amide bonds. The Morgan fingerprint density at radius 2 is 1.95 bits per heavy atom. The van der Waals surface area contributed by atoms with E-state index in [1.165, 1.54) is 0 Å². The van der Waals surface area contributed by atoms with Gasteiger partial charge in [0.15, 0.2) is 0 Å². The Morgan fingerprint density at radius 3 is 2.59 bits per heavy atom. The summed E-state index contributed by atoms with van der Waals surface area (Å²) in [6.45, 7) is -0.183. The molecule has 1 heterocycles. The van der Waals surface area contributed by atoms with E-state index in [9.17, 15) is 9.59 Å². The van der Waals surface area contributed by atoms with E-state index >= 15 is 0 Å². The number of carbonyl (C=O) groups is 2. The first kappa shape index (κ1) is 20.1. The Morgan fingerprint density at radius 1 is 1.27 bits per heavy atom. The number of nitrogens with zero attached hydrogens (tertiary/aromatic N) is 1. The molecule has 0 radical (unpaired) electrons. The number of pyridine rings is 1. The summed E-state index contributed by atoms with van der Waals surface area (Å²) in [5.41, 5.74) is 6.71. The lowest BCUT2D eigenvalue weighted by Crippen LogP contribution is -2.34. The van der Waals surface area contributed by atoms with Gasteiger partial charge in [-0.25, -0.2) is 0 Å². The lowest BCUT2D eigenvalue weighted by molar-refractivity contribution is -0.137. The predicted molar refractivity (Wildman–Crippen MR) is 88.4 cm³/mol. The molecule has 0 saturated heterocycles. The van der Waals surface area contributed by atoms with Gasteiger partial charge < -0.3 is 16.2 Å². The minimum atomic E-state index is -1.000. The van der Waals surface area contributed by atoms with E-state index in [1.54, 1.807) is 6.20 Å². The minimum absolute atomic E-state index is 0. The van der Waals surface area contributed by atoms with Crippen LogP contribution in [0.2, 0.25) is 0 Å². The van der Waals surface area contributed by atoms with Crippen molar-refractivity contribution in [1.29, 1.82) is 0 Å². The van der Waals surface area contributed by atoms with Crippen LogP contribution in [0.3, 0.4) is 0 Å². The fraction of sp³-hybridized carbons (Fsp3) is 0.214. The van der Waals surface area contributed by atoms with Gasteiger partial charge in [-0.15, -0.1) is 24.8 Å². The van der Waals surface area contributed by atoms with Crippen LogP contribution < -0.4 is 11.1 Å². The number of carbonyl (C=O) groups excluding carboxylic acids is 1. The number of carboxylic acid groups (broad SMARTS) is 1. The lowest BCUT2D eigenvalue weighted by atomic mass is 10.0. The third kappa shape index (κ3) is 5.14. The molecule has 1 aromatic heterocycles. The number of aromatic nitrogens is 1. The minimum Gasteiger partial charge on any atom is -0.481 e. The van der Waals surface area contributed by atoms with Crippen molar-refractivity contribution in [3.8, 4) is 0 Å². The van der Waals surface area contributed by atoms with Crippen LogP contribution in [0.5, 0.6) is 0 Å². The molecule has 1 aromatic carbocycles. The van der Waals surface area contributed by atoms with Crippen molar-refractivity contribution in [3.63, 3.8) is 0 Å². The second-order valence-electron chi connectivity index (χ2n) is 4.38. The molecular formula is C14H17Cl2N3O3. The fourth-order valence-corrected chi connectivity index (χ4v) is 1.96. The van der Waals surface area contributed by atoms with Crippen molar-refractivity contribution in [3.05, 3.63) is 42.1 Å². The fourth-order valence-electron chi connectivity index (χ4n) is 1.96. The number of hydrogen-bond acceptors (Lipinski definition) is 4. The van der Waals surface area contributed by atoms with E-state index in [1.807, 2.05) is 30.3 Å². The van der Waals surface area contributed by atoms with Crippen molar-refractivity contribution in [2.45, 2.75) is 12.5 Å². The van der Waals surface area contributed by atoms with Crippen LogP contribution in [0.4, 0.5) is 0 Å². The molecule has 120 valence electrons. The van der Waals surface area contributed by atoms with Crippen molar-refractivity contribution in [2.75, 3.05) is 6.54 Å². The number of para-hydroxylation sites is 1. The average Bonchev–Trinajstić information content (AvgIpc) is 2.45. The second kappa shape index (κ2) is 9.19. The van der Waals surface area contributed by atoms with Gasteiger partial charge in [-0.05, 0) is 17.7 Å².